The van der Waals surface area contributed by atoms with Crippen LogP contribution in [0.3, 0.4) is 0 Å². The van der Waals surface area contributed by atoms with Gasteiger partial charge in [0, 0.05) is 0 Å². The molecule has 0 spiro atoms. The van der Waals surface area contributed by atoms with E-state index in [0.717, 1.165) is 12.8 Å². The van der Waals surface area contributed by atoms with Crippen LogP contribution in [0, 0.1) is 6.10 Å². The Hall–Kier alpha value is -0.0400. The van der Waals surface area contributed by atoms with Crippen LogP contribution >= 0.6 is 0 Å². The van der Waals surface area contributed by atoms with Crippen molar-refractivity contribution in [3.05, 3.63) is 6.10 Å². The van der Waals surface area contributed by atoms with Crippen molar-refractivity contribution in [1.29, 1.82) is 0 Å². The fourth-order valence-corrected chi connectivity index (χ4v) is 2.52. The summed E-state index contributed by atoms with van der Waals surface area (Å²) in [5.74, 6) is 0. The summed E-state index contributed by atoms with van der Waals surface area (Å²) >= 11 is 0. The summed E-state index contributed by atoms with van der Waals surface area (Å²) in [5.41, 5.74) is 0. The van der Waals surface area contributed by atoms with Gasteiger partial charge in [0.2, 0.25) is 0 Å². The molecule has 0 amide bonds. The largest absolute Gasteiger partial charge is 0.387 e. The molecule has 0 aromatic heterocycles. The highest BCUT2D eigenvalue weighted by Crippen LogP contribution is 2.15. The Bertz CT molecular complexity index is 156. The molecule has 0 unspecified atom stereocenters. The number of hydrogen-bond acceptors (Lipinski definition) is 1. The van der Waals surface area contributed by atoms with Gasteiger partial charge in [0.25, 0.3) is 0 Å². The molecule has 1 N–H and O–H groups in total. The van der Waals surface area contributed by atoms with Gasteiger partial charge in [-0.2, -0.15) is 0 Å². The van der Waals surface area contributed by atoms with Crippen molar-refractivity contribution in [2.24, 2.45) is 0 Å². The van der Waals surface area contributed by atoms with E-state index in [-0.39, 0.29) is 0 Å². The minimum Gasteiger partial charge on any atom is -0.387 e. The first-order valence-corrected chi connectivity index (χ1v) is 8.84. The Morgan fingerprint density at radius 2 is 0.947 bits per heavy atom. The van der Waals surface area contributed by atoms with Crippen LogP contribution in [0.2, 0.25) is 0 Å². The highest BCUT2D eigenvalue weighted by molar-refractivity contribution is 4.71. The third kappa shape index (κ3) is 15.9. The second kappa shape index (κ2) is 16.0. The molecular weight excluding hydrogens is 232 g/mol. The van der Waals surface area contributed by atoms with Crippen molar-refractivity contribution in [2.45, 2.75) is 110 Å². The van der Waals surface area contributed by atoms with Gasteiger partial charge in [-0.1, -0.05) is 97.3 Å². The van der Waals surface area contributed by atoms with Crippen LogP contribution < -0.4 is 0 Å². The molecule has 0 saturated heterocycles. The third-order valence-corrected chi connectivity index (χ3v) is 3.98. The summed E-state index contributed by atoms with van der Waals surface area (Å²) in [6, 6.07) is 0. The molecule has 0 aliphatic carbocycles. The molecule has 115 valence electrons. The van der Waals surface area contributed by atoms with Gasteiger partial charge >= 0.3 is 0 Å². The molecule has 0 atom stereocenters. The molecule has 0 rings (SSSR count). The number of aliphatic hydroxyl groups excluding tert-OH is 1. The Morgan fingerprint density at radius 1 is 0.579 bits per heavy atom. The third-order valence-electron chi connectivity index (χ3n) is 3.98. The second-order valence-electron chi connectivity index (χ2n) is 5.91. The van der Waals surface area contributed by atoms with Crippen LogP contribution in [0.15, 0.2) is 0 Å². The van der Waals surface area contributed by atoms with Crippen molar-refractivity contribution in [3.8, 4) is 0 Å². The summed E-state index contributed by atoms with van der Waals surface area (Å²) in [5, 5.41) is 9.35. The van der Waals surface area contributed by atoms with Crippen LogP contribution in [0.25, 0.3) is 0 Å². The highest BCUT2D eigenvalue weighted by atomic mass is 16.3. The van der Waals surface area contributed by atoms with E-state index in [1.54, 1.807) is 0 Å². The molecule has 0 aromatic rings. The highest BCUT2D eigenvalue weighted by Gasteiger charge is 2.00. The quantitative estimate of drug-likeness (QED) is 0.325. The lowest BCUT2D eigenvalue weighted by Gasteiger charge is -2.05. The minimum absolute atomic E-state index is 0.683. The fraction of sp³-hybridized carbons (Fsp3) is 0.944. The second-order valence-corrected chi connectivity index (χ2v) is 5.91. The molecule has 0 heterocycles. The van der Waals surface area contributed by atoms with Gasteiger partial charge in [0.15, 0.2) is 0 Å². The van der Waals surface area contributed by atoms with E-state index < -0.39 is 0 Å². The maximum absolute atomic E-state index is 9.35. The number of rotatable bonds is 15. The summed E-state index contributed by atoms with van der Waals surface area (Å²) in [7, 11) is 0. The van der Waals surface area contributed by atoms with Crippen molar-refractivity contribution in [1.82, 2.24) is 0 Å². The van der Waals surface area contributed by atoms with E-state index in [1.807, 2.05) is 6.92 Å². The Kier molecular flexibility index (Phi) is 16.0. The number of unbranched alkanes of at least 4 members (excludes halogenated alkanes) is 12. The van der Waals surface area contributed by atoms with E-state index in [2.05, 4.69) is 6.92 Å². The van der Waals surface area contributed by atoms with Gasteiger partial charge < -0.3 is 5.11 Å². The molecule has 1 radical (unpaired) electrons. The van der Waals surface area contributed by atoms with Crippen LogP contribution in [0.4, 0.5) is 0 Å². The molecule has 0 bridgehead atoms. The Balaban J connectivity index is 2.95. The van der Waals surface area contributed by atoms with Gasteiger partial charge in [0.05, 0.1) is 6.10 Å². The molecule has 19 heavy (non-hydrogen) atoms. The summed E-state index contributed by atoms with van der Waals surface area (Å²) in [6.45, 7) is 4.30. The van der Waals surface area contributed by atoms with E-state index in [0.29, 0.717) is 6.10 Å². The predicted molar refractivity (Wildman–Crippen MR) is 85.8 cm³/mol. The van der Waals surface area contributed by atoms with E-state index in [9.17, 15) is 5.11 Å². The van der Waals surface area contributed by atoms with Crippen LogP contribution in [-0.4, -0.2) is 5.11 Å². The van der Waals surface area contributed by atoms with Crippen molar-refractivity contribution >= 4 is 0 Å². The zero-order valence-electron chi connectivity index (χ0n) is 13.6. The van der Waals surface area contributed by atoms with Gasteiger partial charge in [0.1, 0.15) is 0 Å². The molecule has 0 aliphatic rings. The molecule has 1 nitrogen and oxygen atoms in total. The normalized spacial score (nSPS) is 11.4. The standard InChI is InChI=1S/C18H37O/c1-3-5-6-7-8-9-10-11-12-13-14-15-16-17-18(19)4-2/h19H,3-17H2,1-2H3. The van der Waals surface area contributed by atoms with E-state index in [1.165, 1.54) is 83.5 Å². The van der Waals surface area contributed by atoms with Crippen LogP contribution in [0.5, 0.6) is 0 Å². The summed E-state index contributed by atoms with van der Waals surface area (Å²) in [6.07, 6.45) is 20.5. The van der Waals surface area contributed by atoms with E-state index in [4.69, 9.17) is 0 Å². The average Bonchev–Trinajstić information content (AvgIpc) is 2.43. The van der Waals surface area contributed by atoms with Gasteiger partial charge in [-0.25, -0.2) is 0 Å². The van der Waals surface area contributed by atoms with Crippen molar-refractivity contribution < 1.29 is 5.11 Å². The van der Waals surface area contributed by atoms with Gasteiger partial charge in [-0.05, 0) is 12.8 Å². The topological polar surface area (TPSA) is 20.2 Å². The SMILES string of the molecule is CCCCCCCCCCCCCCC[C](O)CC. The van der Waals surface area contributed by atoms with E-state index >= 15 is 0 Å². The first kappa shape index (κ1) is 19.0. The molecular formula is C18H37O. The summed E-state index contributed by atoms with van der Waals surface area (Å²) < 4.78 is 0. The first-order chi connectivity index (χ1) is 9.31. The zero-order valence-corrected chi connectivity index (χ0v) is 13.6. The smallest absolute Gasteiger partial charge is 0.0930 e. The van der Waals surface area contributed by atoms with Crippen molar-refractivity contribution in [2.75, 3.05) is 0 Å². The Morgan fingerprint density at radius 3 is 1.32 bits per heavy atom. The monoisotopic (exact) mass is 269 g/mol. The molecule has 0 aromatic carbocycles. The average molecular weight is 269 g/mol. The molecule has 0 saturated carbocycles. The number of hydrogen-bond donors (Lipinski definition) is 1. The maximum atomic E-state index is 9.35. The molecule has 0 fully saturated rings. The lowest BCUT2D eigenvalue weighted by molar-refractivity contribution is 0.268. The van der Waals surface area contributed by atoms with Crippen LogP contribution in [0.1, 0.15) is 110 Å². The van der Waals surface area contributed by atoms with Crippen molar-refractivity contribution in [3.63, 3.8) is 0 Å². The lowest BCUT2D eigenvalue weighted by atomic mass is 10.0. The summed E-state index contributed by atoms with van der Waals surface area (Å²) in [4.78, 5) is 0. The first-order valence-electron chi connectivity index (χ1n) is 8.84. The van der Waals surface area contributed by atoms with Gasteiger partial charge in [-0.15, -0.1) is 0 Å². The fourth-order valence-electron chi connectivity index (χ4n) is 2.52. The maximum Gasteiger partial charge on any atom is 0.0930 e. The Labute approximate surface area is 122 Å². The lowest BCUT2D eigenvalue weighted by Crippen LogP contribution is -1.93. The number of aliphatic hydroxyl groups is 1. The zero-order chi connectivity index (χ0) is 14.2. The predicted octanol–water partition coefficient (Wildman–Crippen LogP) is 6.78. The van der Waals surface area contributed by atoms with Crippen LogP contribution in [-0.2, 0) is 0 Å². The molecule has 0 aliphatic heterocycles. The molecule has 1 heteroatoms. The van der Waals surface area contributed by atoms with Gasteiger partial charge in [-0.3, -0.25) is 0 Å². The minimum atomic E-state index is 0.683.